The van der Waals surface area contributed by atoms with Crippen molar-refractivity contribution in [2.75, 3.05) is 12.8 Å². The zero-order chi connectivity index (χ0) is 18.0. The summed E-state index contributed by atoms with van der Waals surface area (Å²) in [5, 5.41) is 10.8. The van der Waals surface area contributed by atoms with Crippen LogP contribution >= 0.6 is 34.7 Å². The van der Waals surface area contributed by atoms with Crippen LogP contribution in [0.4, 0.5) is 0 Å². The smallest absolute Gasteiger partial charge is 0.264 e. The second kappa shape index (κ2) is 7.59. The van der Waals surface area contributed by atoms with Crippen molar-refractivity contribution in [3.63, 3.8) is 0 Å². The van der Waals surface area contributed by atoms with Crippen LogP contribution in [0.3, 0.4) is 0 Å². The average Bonchev–Trinajstić information content (AvgIpc) is 3.21. The summed E-state index contributed by atoms with van der Waals surface area (Å²) in [5.41, 5.74) is 0.936. The summed E-state index contributed by atoms with van der Waals surface area (Å²) in [6.45, 7) is 1.52. The minimum atomic E-state index is -0.286. The molecule has 1 saturated heterocycles. The number of allylic oxidation sites excluding steroid dienone is 1. The summed E-state index contributed by atoms with van der Waals surface area (Å²) in [5.74, 6) is 0.361. The normalized spacial score (nSPS) is 20.0. The van der Waals surface area contributed by atoms with E-state index in [0.717, 1.165) is 4.88 Å². The third-order valence-electron chi connectivity index (χ3n) is 3.76. The molecule has 1 aliphatic heterocycles. The SMILES string of the molecule is C/N=C1\SC[C@H](c2cnc(Cl)s2)N1C(=O)/C(=C(\C)O)c1ccccc1. The Hall–Kier alpha value is -1.83. The number of thioether (sulfide) groups is 1. The van der Waals surface area contributed by atoms with E-state index in [1.165, 1.54) is 30.0 Å². The predicted molar refractivity (Wildman–Crippen MR) is 104 cm³/mol. The van der Waals surface area contributed by atoms with Crippen LogP contribution in [-0.4, -0.2) is 38.9 Å². The minimum absolute atomic E-state index is 0.0235. The number of amides is 1. The number of aromatic nitrogens is 1. The summed E-state index contributed by atoms with van der Waals surface area (Å²) in [4.78, 5) is 24.1. The van der Waals surface area contributed by atoms with Gasteiger partial charge in [-0.1, -0.05) is 53.7 Å². The molecule has 0 bridgehead atoms. The van der Waals surface area contributed by atoms with Crippen molar-refractivity contribution in [1.82, 2.24) is 9.88 Å². The summed E-state index contributed by atoms with van der Waals surface area (Å²) in [7, 11) is 1.66. The number of amidine groups is 1. The molecule has 0 aliphatic carbocycles. The summed E-state index contributed by atoms with van der Waals surface area (Å²) < 4.78 is 0.437. The molecule has 0 saturated carbocycles. The molecule has 1 amide bonds. The van der Waals surface area contributed by atoms with E-state index < -0.39 is 0 Å². The molecule has 0 unspecified atom stereocenters. The molecule has 8 heteroatoms. The molecule has 1 fully saturated rings. The lowest BCUT2D eigenvalue weighted by molar-refractivity contribution is -0.122. The Bertz CT molecular complexity index is 845. The highest BCUT2D eigenvalue weighted by Crippen LogP contribution is 2.40. The van der Waals surface area contributed by atoms with Crippen molar-refractivity contribution in [2.24, 2.45) is 4.99 Å². The number of halogens is 1. The van der Waals surface area contributed by atoms with E-state index in [0.29, 0.717) is 21.0 Å². The zero-order valence-electron chi connectivity index (χ0n) is 13.6. The lowest BCUT2D eigenvalue weighted by atomic mass is 10.0. The number of carbonyl (C=O) groups excluding carboxylic acids is 1. The second-order valence-electron chi connectivity index (χ2n) is 5.35. The van der Waals surface area contributed by atoms with Gasteiger partial charge < -0.3 is 5.11 Å². The van der Waals surface area contributed by atoms with Gasteiger partial charge in [0.1, 0.15) is 5.76 Å². The van der Waals surface area contributed by atoms with Crippen LogP contribution in [0, 0.1) is 0 Å². The number of rotatable bonds is 3. The highest BCUT2D eigenvalue weighted by atomic mass is 35.5. The van der Waals surface area contributed by atoms with Crippen LogP contribution in [0.2, 0.25) is 4.47 Å². The molecule has 1 aromatic heterocycles. The Morgan fingerprint density at radius 1 is 1.40 bits per heavy atom. The molecule has 0 radical (unpaired) electrons. The summed E-state index contributed by atoms with van der Waals surface area (Å²) in [6.07, 6.45) is 1.69. The van der Waals surface area contributed by atoms with Gasteiger partial charge in [-0.3, -0.25) is 14.7 Å². The Morgan fingerprint density at radius 3 is 2.68 bits per heavy atom. The van der Waals surface area contributed by atoms with Crippen molar-refractivity contribution in [1.29, 1.82) is 0 Å². The first kappa shape index (κ1) is 18.0. The number of hydrogen-bond donors (Lipinski definition) is 1. The van der Waals surface area contributed by atoms with E-state index in [4.69, 9.17) is 11.6 Å². The maximum absolute atomic E-state index is 13.3. The number of hydrogen-bond acceptors (Lipinski definition) is 6. The van der Waals surface area contributed by atoms with E-state index >= 15 is 0 Å². The van der Waals surface area contributed by atoms with Gasteiger partial charge in [0.15, 0.2) is 9.63 Å². The fourth-order valence-corrected chi connectivity index (χ4v) is 4.94. The number of aliphatic imine (C=N–C) groups is 1. The van der Waals surface area contributed by atoms with Crippen LogP contribution in [0.5, 0.6) is 0 Å². The van der Waals surface area contributed by atoms with Gasteiger partial charge in [0, 0.05) is 23.9 Å². The van der Waals surface area contributed by atoms with Crippen LogP contribution in [0.25, 0.3) is 5.57 Å². The van der Waals surface area contributed by atoms with E-state index in [-0.39, 0.29) is 23.3 Å². The van der Waals surface area contributed by atoms with Gasteiger partial charge in [-0.2, -0.15) is 0 Å². The van der Waals surface area contributed by atoms with Crippen molar-refractivity contribution < 1.29 is 9.90 Å². The standard InChI is InChI=1S/C17H16ClN3O2S2/c1-10(22)14(11-6-4-3-5-7-11)15(23)21-12(9-24-17(21)19-2)13-8-20-16(18)25-13/h3-8,12,22H,9H2,1-2H3/b14-10+,19-17-/t12-/m1/s1. The monoisotopic (exact) mass is 393 g/mol. The van der Waals surface area contributed by atoms with Gasteiger partial charge in [0.25, 0.3) is 5.91 Å². The van der Waals surface area contributed by atoms with Crippen LogP contribution in [0.15, 0.2) is 47.3 Å². The summed E-state index contributed by atoms with van der Waals surface area (Å²) >= 11 is 8.81. The highest BCUT2D eigenvalue weighted by molar-refractivity contribution is 8.14. The van der Waals surface area contributed by atoms with Crippen molar-refractivity contribution in [3.05, 3.63) is 57.2 Å². The van der Waals surface area contributed by atoms with E-state index in [9.17, 15) is 9.90 Å². The maximum atomic E-state index is 13.3. The van der Waals surface area contributed by atoms with Gasteiger partial charge >= 0.3 is 0 Å². The van der Waals surface area contributed by atoms with Crippen molar-refractivity contribution in [3.8, 4) is 0 Å². The molecule has 25 heavy (non-hydrogen) atoms. The first-order chi connectivity index (χ1) is 12.0. The average molecular weight is 394 g/mol. The number of thiazole rings is 1. The quantitative estimate of drug-likeness (QED) is 0.620. The minimum Gasteiger partial charge on any atom is -0.512 e. The first-order valence-electron chi connectivity index (χ1n) is 7.52. The Kier molecular flexibility index (Phi) is 5.46. The molecule has 2 heterocycles. The van der Waals surface area contributed by atoms with E-state index in [1.807, 2.05) is 18.2 Å². The number of aliphatic hydroxyl groups is 1. The van der Waals surface area contributed by atoms with E-state index in [1.54, 1.807) is 30.3 Å². The fraction of sp³-hybridized carbons (Fsp3) is 0.235. The molecule has 2 aromatic rings. The predicted octanol–water partition coefficient (Wildman–Crippen LogP) is 4.39. The van der Waals surface area contributed by atoms with Crippen LogP contribution in [-0.2, 0) is 4.79 Å². The molecule has 5 nitrogen and oxygen atoms in total. The lowest BCUT2D eigenvalue weighted by Gasteiger charge is -2.24. The van der Waals surface area contributed by atoms with E-state index in [2.05, 4.69) is 9.98 Å². The van der Waals surface area contributed by atoms with Crippen molar-refractivity contribution >= 4 is 51.3 Å². The summed E-state index contributed by atoms with van der Waals surface area (Å²) in [6, 6.07) is 8.93. The Balaban J connectivity index is 2.03. The fourth-order valence-electron chi connectivity index (χ4n) is 2.67. The van der Waals surface area contributed by atoms with Gasteiger partial charge in [-0.15, -0.1) is 11.3 Å². The van der Waals surface area contributed by atoms with Gasteiger partial charge in [0.2, 0.25) is 0 Å². The number of carbonyl (C=O) groups is 1. The number of nitrogens with zero attached hydrogens (tertiary/aromatic N) is 3. The third-order valence-corrected chi connectivity index (χ3v) is 6.10. The second-order valence-corrected chi connectivity index (χ2v) is 7.98. The molecule has 1 atom stereocenters. The van der Waals surface area contributed by atoms with Gasteiger partial charge in [-0.05, 0) is 12.5 Å². The molecular formula is C17H16ClN3O2S2. The number of benzene rings is 1. The maximum Gasteiger partial charge on any atom is 0.264 e. The van der Waals surface area contributed by atoms with Gasteiger partial charge in [0.05, 0.1) is 11.6 Å². The molecule has 130 valence electrons. The Labute approximate surface area is 159 Å². The van der Waals surface area contributed by atoms with Crippen molar-refractivity contribution in [2.45, 2.75) is 13.0 Å². The highest BCUT2D eigenvalue weighted by Gasteiger charge is 2.39. The molecular weight excluding hydrogens is 378 g/mol. The number of aliphatic hydroxyl groups excluding tert-OH is 1. The molecule has 1 N–H and O–H groups in total. The first-order valence-corrected chi connectivity index (χ1v) is 9.70. The molecule has 1 aliphatic rings. The topological polar surface area (TPSA) is 65.8 Å². The van der Waals surface area contributed by atoms with Crippen LogP contribution < -0.4 is 0 Å². The van der Waals surface area contributed by atoms with Crippen LogP contribution in [0.1, 0.15) is 23.4 Å². The largest absolute Gasteiger partial charge is 0.512 e. The Morgan fingerprint density at radius 2 is 2.12 bits per heavy atom. The molecule has 0 spiro atoms. The third kappa shape index (κ3) is 3.58. The molecule has 3 rings (SSSR count). The lowest BCUT2D eigenvalue weighted by Crippen LogP contribution is -2.35. The van der Waals surface area contributed by atoms with Gasteiger partial charge in [-0.25, -0.2) is 4.98 Å². The molecule has 1 aromatic carbocycles. The zero-order valence-corrected chi connectivity index (χ0v) is 16.0.